The van der Waals surface area contributed by atoms with E-state index in [1.807, 2.05) is 0 Å². The Morgan fingerprint density at radius 2 is 0.435 bits per heavy atom. The van der Waals surface area contributed by atoms with Crippen LogP contribution in [0.15, 0.2) is 0 Å². The molecule has 0 aliphatic carbocycles. The van der Waals surface area contributed by atoms with Crippen LogP contribution in [0.3, 0.4) is 0 Å². The SMILES string of the molecule is CCC(OC(C)C)(C(=O)[O-])C(=O)COC(C)C.CCC(OC(C)C)(C(=O)[O-])C(=O)COC(C)C.CCC(OC(C)C)(C(=O)[O-])C(=O)COC(C)C.CCC(OC(C)C)(C(=O)[O-])C(=O)COC(C)C.[Ti+4]. The van der Waals surface area contributed by atoms with Gasteiger partial charge >= 0.3 is 21.7 Å². The van der Waals surface area contributed by atoms with Gasteiger partial charge in [-0.2, -0.15) is 0 Å². The number of carboxylic acids is 4. The van der Waals surface area contributed by atoms with Crippen molar-refractivity contribution in [2.24, 2.45) is 0 Å². The summed E-state index contributed by atoms with van der Waals surface area (Å²) >= 11 is 0. The van der Waals surface area contributed by atoms with E-state index in [9.17, 15) is 58.8 Å². The number of ether oxygens (including phenoxy) is 8. The van der Waals surface area contributed by atoms with E-state index >= 15 is 0 Å². The van der Waals surface area contributed by atoms with Gasteiger partial charge in [-0.05, 0) is 136 Å². The molecule has 21 heteroatoms. The van der Waals surface area contributed by atoms with Gasteiger partial charge in [-0.25, -0.2) is 0 Å². The maximum absolute atomic E-state index is 11.9. The minimum atomic E-state index is -1.90. The molecule has 0 saturated heterocycles. The zero-order valence-electron chi connectivity index (χ0n) is 44.9. The fraction of sp³-hybridized carbons (Fsp3) is 0.833. The third-order valence-corrected chi connectivity index (χ3v) is 9.05. The first-order valence-electron chi connectivity index (χ1n) is 23.2. The first kappa shape index (κ1) is 74.9. The van der Waals surface area contributed by atoms with Crippen molar-refractivity contribution in [3.05, 3.63) is 0 Å². The van der Waals surface area contributed by atoms with Crippen LogP contribution in [0.4, 0.5) is 0 Å². The quantitative estimate of drug-likeness (QED) is 0.0675. The van der Waals surface area contributed by atoms with Crippen molar-refractivity contribution in [1.82, 2.24) is 0 Å². The fourth-order valence-electron chi connectivity index (χ4n) is 5.66. The van der Waals surface area contributed by atoms with Crippen LogP contribution < -0.4 is 20.4 Å². The number of ketones is 4. The zero-order valence-corrected chi connectivity index (χ0v) is 46.5. The third kappa shape index (κ3) is 27.4. The molecule has 0 amide bonds. The average Bonchev–Trinajstić information content (AvgIpc) is 3.21. The van der Waals surface area contributed by atoms with Crippen molar-refractivity contribution in [3.63, 3.8) is 0 Å². The summed E-state index contributed by atoms with van der Waals surface area (Å²) < 4.78 is 41.5. The van der Waals surface area contributed by atoms with Gasteiger partial charge in [0.2, 0.25) is 0 Å². The van der Waals surface area contributed by atoms with Gasteiger partial charge in [0.15, 0.2) is 45.5 Å². The second kappa shape index (κ2) is 36.8. The van der Waals surface area contributed by atoms with Gasteiger partial charge in [0.1, 0.15) is 26.4 Å². The van der Waals surface area contributed by atoms with Crippen LogP contribution in [-0.2, 0) is 98.0 Å². The standard InChI is InChI=1S/4C12H22O5.Ti/c4*1-6-12(11(14)15,17-9(4)5)10(13)7-16-8(2)3;/h4*8-9H,6-7H2,1-5H3,(H,14,15);/q;;;;+4/p-4. The Morgan fingerprint density at radius 1 is 0.304 bits per heavy atom. The van der Waals surface area contributed by atoms with Gasteiger partial charge < -0.3 is 77.5 Å². The molecule has 4 atom stereocenters. The fourth-order valence-corrected chi connectivity index (χ4v) is 5.66. The number of Topliss-reactive ketones (excluding diaryl/α,β-unsaturated/α-hetero) is 4. The summed E-state index contributed by atoms with van der Waals surface area (Å²) in [7, 11) is 0. The molecule has 0 aromatic heterocycles. The van der Waals surface area contributed by atoms with E-state index in [1.54, 1.807) is 138 Å². The summed E-state index contributed by atoms with van der Waals surface area (Å²) in [6, 6.07) is 0. The molecule has 0 N–H and O–H groups in total. The summed E-state index contributed by atoms with van der Waals surface area (Å²) in [5, 5.41) is 44.6. The molecule has 0 rings (SSSR count). The number of carboxylic acid groups (broad SMARTS) is 4. The van der Waals surface area contributed by atoms with E-state index < -0.39 is 69.4 Å². The predicted molar refractivity (Wildman–Crippen MR) is 241 cm³/mol. The third-order valence-electron chi connectivity index (χ3n) is 9.05. The number of hydrogen-bond donors (Lipinski definition) is 0. The van der Waals surface area contributed by atoms with Crippen LogP contribution in [0.2, 0.25) is 0 Å². The van der Waals surface area contributed by atoms with E-state index in [0.29, 0.717) is 0 Å². The zero-order chi connectivity index (χ0) is 54.6. The summed E-state index contributed by atoms with van der Waals surface area (Å²) in [6.45, 7) is 32.7. The normalized spacial score (nSPS) is 14.8. The Morgan fingerprint density at radius 3 is 0.507 bits per heavy atom. The molecule has 0 aromatic rings. The van der Waals surface area contributed by atoms with Gasteiger partial charge in [-0.15, -0.1) is 0 Å². The monoisotopic (exact) mass is 1030 g/mol. The molecular weight excluding hydrogens is 944 g/mol. The van der Waals surface area contributed by atoms with Crippen LogP contribution in [0, 0.1) is 0 Å². The molecule has 0 aromatic carbocycles. The Kier molecular flexibility index (Phi) is 40.0. The molecule has 0 spiro atoms. The van der Waals surface area contributed by atoms with Gasteiger partial charge in [-0.3, -0.25) is 19.2 Å². The molecule has 4 unspecified atom stereocenters. The van der Waals surface area contributed by atoms with E-state index in [1.165, 1.54) is 0 Å². The van der Waals surface area contributed by atoms with Crippen molar-refractivity contribution in [3.8, 4) is 0 Å². The summed E-state index contributed by atoms with van der Waals surface area (Å²) in [5.41, 5.74) is -7.60. The number of carbonyl (C=O) groups excluding carboxylic acids is 8. The van der Waals surface area contributed by atoms with Crippen LogP contribution in [-0.4, -0.2) is 145 Å². The van der Waals surface area contributed by atoms with Crippen molar-refractivity contribution in [2.75, 3.05) is 26.4 Å². The van der Waals surface area contributed by atoms with E-state index in [0.717, 1.165) is 0 Å². The Labute approximate surface area is 425 Å². The number of carbonyl (C=O) groups is 8. The average molecular weight is 1030 g/mol. The van der Waals surface area contributed by atoms with Gasteiger partial charge in [0, 0.05) is 0 Å². The molecular formula is C48H84O20Ti. The summed E-state index contributed by atoms with van der Waals surface area (Å²) in [6.07, 6.45) is -2.01. The minimum absolute atomic E-state index is 0. The van der Waals surface area contributed by atoms with Gasteiger partial charge in [0.05, 0.1) is 72.7 Å². The minimum Gasteiger partial charge on any atom is -0.546 e. The molecule has 0 radical (unpaired) electrons. The number of aliphatic carboxylic acids is 4. The Bertz CT molecular complexity index is 1320. The van der Waals surface area contributed by atoms with Crippen molar-refractivity contribution in [2.45, 2.75) is 235 Å². The molecule has 0 aliphatic heterocycles. The smallest absolute Gasteiger partial charge is 0.546 e. The van der Waals surface area contributed by atoms with Crippen LogP contribution in [0.25, 0.3) is 0 Å². The number of hydrogen-bond acceptors (Lipinski definition) is 20. The Hall–Kier alpha value is -3.05. The number of rotatable bonds is 32. The first-order chi connectivity index (χ1) is 31.0. The second-order valence-electron chi connectivity index (χ2n) is 17.7. The van der Waals surface area contributed by atoms with Crippen LogP contribution in [0.5, 0.6) is 0 Å². The van der Waals surface area contributed by atoms with Crippen molar-refractivity contribution >= 4 is 47.0 Å². The van der Waals surface area contributed by atoms with Crippen LogP contribution in [0.1, 0.15) is 164 Å². The van der Waals surface area contributed by atoms with Gasteiger partial charge in [0.25, 0.3) is 0 Å². The topological polar surface area (TPSA) is 303 Å². The first-order valence-corrected chi connectivity index (χ1v) is 23.2. The van der Waals surface area contributed by atoms with Gasteiger partial charge in [-0.1, -0.05) is 27.7 Å². The largest absolute Gasteiger partial charge is 4.00 e. The molecule has 69 heavy (non-hydrogen) atoms. The second-order valence-corrected chi connectivity index (χ2v) is 17.7. The molecule has 20 nitrogen and oxygen atoms in total. The summed E-state index contributed by atoms with van der Waals surface area (Å²) in [5.74, 6) is -8.47. The maximum atomic E-state index is 11.9. The van der Waals surface area contributed by atoms with Crippen molar-refractivity contribution in [1.29, 1.82) is 0 Å². The molecule has 0 heterocycles. The molecule has 400 valence electrons. The predicted octanol–water partition coefficient (Wildman–Crippen LogP) is 1.21. The summed E-state index contributed by atoms with van der Waals surface area (Å²) in [4.78, 5) is 92.3. The van der Waals surface area contributed by atoms with Crippen LogP contribution >= 0.6 is 0 Å². The van der Waals surface area contributed by atoms with E-state index in [-0.39, 0.29) is 123 Å². The van der Waals surface area contributed by atoms with E-state index in [2.05, 4.69) is 0 Å². The molecule has 0 saturated carbocycles. The molecule has 0 aliphatic rings. The Balaban J connectivity index is -0.000000263. The molecule has 0 bridgehead atoms. The van der Waals surface area contributed by atoms with E-state index in [4.69, 9.17) is 37.9 Å². The maximum Gasteiger partial charge on any atom is 4.00 e. The molecule has 0 fully saturated rings. The van der Waals surface area contributed by atoms with Crippen molar-refractivity contribution < 1.29 is 118 Å².